The summed E-state index contributed by atoms with van der Waals surface area (Å²) in [5.41, 5.74) is 3.01. The van der Waals surface area contributed by atoms with Crippen LogP contribution in [-0.2, 0) is 32.6 Å². The predicted molar refractivity (Wildman–Crippen MR) is 166 cm³/mol. The monoisotopic (exact) mass is 583 g/mol. The van der Waals surface area contributed by atoms with Crippen molar-refractivity contribution in [3.63, 3.8) is 0 Å². The fourth-order valence-electron chi connectivity index (χ4n) is 4.66. The number of amides is 2. The molecular formula is C34H37N3O4S. The van der Waals surface area contributed by atoms with Crippen molar-refractivity contribution in [1.82, 2.24) is 10.2 Å². The normalized spacial score (nSPS) is 11.9. The van der Waals surface area contributed by atoms with Crippen LogP contribution in [0.3, 0.4) is 0 Å². The largest absolute Gasteiger partial charge is 0.354 e. The number of nitrogens with one attached hydrogen (secondary N) is 1. The highest BCUT2D eigenvalue weighted by Gasteiger charge is 2.34. The molecule has 0 saturated carbocycles. The number of carbonyl (C=O) groups is 2. The molecule has 0 bridgehead atoms. The molecule has 0 spiro atoms. The Morgan fingerprint density at radius 3 is 1.88 bits per heavy atom. The Morgan fingerprint density at radius 1 is 0.762 bits per heavy atom. The first kappa shape index (κ1) is 30.5. The lowest BCUT2D eigenvalue weighted by Crippen LogP contribution is -2.53. The van der Waals surface area contributed by atoms with E-state index in [0.29, 0.717) is 12.2 Å². The maximum absolute atomic E-state index is 14.3. The lowest BCUT2D eigenvalue weighted by molar-refractivity contribution is -0.140. The lowest BCUT2D eigenvalue weighted by Gasteiger charge is -2.34. The van der Waals surface area contributed by atoms with Crippen LogP contribution < -0.4 is 9.62 Å². The SMILES string of the molecule is CCCNC(=O)C(Cc1ccccc1)N(Cc1ccccc1)C(=O)CN(c1ccccc1)S(=O)(=O)c1ccc(C)cc1. The third kappa shape index (κ3) is 7.85. The zero-order chi connectivity index (χ0) is 30.0. The number of nitrogens with zero attached hydrogens (tertiary/aromatic N) is 2. The molecule has 2 amide bonds. The minimum Gasteiger partial charge on any atom is -0.354 e. The van der Waals surface area contributed by atoms with Crippen LogP contribution >= 0.6 is 0 Å². The van der Waals surface area contributed by atoms with E-state index in [2.05, 4.69) is 5.32 Å². The standard InChI is InChI=1S/C34H37N3O4S/c1-3-23-35-34(39)32(24-28-13-7-4-8-14-28)36(25-29-15-9-5-10-16-29)33(38)26-37(30-17-11-6-12-18-30)42(40,41)31-21-19-27(2)20-22-31/h4-22,32H,3,23-26H2,1-2H3,(H,35,39). The Bertz CT molecular complexity index is 1550. The van der Waals surface area contributed by atoms with Gasteiger partial charge in [0.1, 0.15) is 12.6 Å². The third-order valence-corrected chi connectivity index (χ3v) is 8.74. The number of anilines is 1. The molecule has 0 saturated heterocycles. The average molecular weight is 584 g/mol. The Labute approximate surface area is 248 Å². The number of aryl methyl sites for hydroxylation is 1. The molecule has 0 heterocycles. The van der Waals surface area contributed by atoms with Gasteiger partial charge in [-0.05, 0) is 48.7 Å². The summed E-state index contributed by atoms with van der Waals surface area (Å²) < 4.78 is 29.1. The number of rotatable bonds is 13. The number of sulfonamides is 1. The molecule has 8 heteroatoms. The van der Waals surface area contributed by atoms with Crippen LogP contribution in [0.4, 0.5) is 5.69 Å². The van der Waals surface area contributed by atoms with Gasteiger partial charge in [-0.15, -0.1) is 0 Å². The van der Waals surface area contributed by atoms with Gasteiger partial charge in [0.15, 0.2) is 0 Å². The van der Waals surface area contributed by atoms with E-state index < -0.39 is 28.5 Å². The molecule has 0 fully saturated rings. The quantitative estimate of drug-likeness (QED) is 0.230. The molecule has 4 aromatic rings. The molecule has 0 aliphatic rings. The van der Waals surface area contributed by atoms with E-state index in [1.54, 1.807) is 54.6 Å². The van der Waals surface area contributed by atoms with E-state index in [0.717, 1.165) is 27.4 Å². The second kappa shape index (κ2) is 14.5. The topological polar surface area (TPSA) is 86.8 Å². The van der Waals surface area contributed by atoms with Crippen molar-refractivity contribution in [1.29, 1.82) is 0 Å². The van der Waals surface area contributed by atoms with Crippen LogP contribution in [-0.4, -0.2) is 44.3 Å². The molecule has 0 aromatic heterocycles. The first-order chi connectivity index (χ1) is 20.3. The van der Waals surface area contributed by atoms with E-state index in [-0.39, 0.29) is 23.8 Å². The summed E-state index contributed by atoms with van der Waals surface area (Å²) in [6.07, 6.45) is 1.03. The summed E-state index contributed by atoms with van der Waals surface area (Å²) in [4.78, 5) is 29.5. The van der Waals surface area contributed by atoms with Gasteiger partial charge in [0.05, 0.1) is 10.6 Å². The van der Waals surface area contributed by atoms with E-state index in [1.165, 1.54) is 4.90 Å². The second-order valence-corrected chi connectivity index (χ2v) is 12.0. The molecule has 42 heavy (non-hydrogen) atoms. The molecule has 1 atom stereocenters. The Hall–Kier alpha value is -4.43. The number of para-hydroxylation sites is 1. The smallest absolute Gasteiger partial charge is 0.264 e. The van der Waals surface area contributed by atoms with E-state index in [1.807, 2.05) is 74.5 Å². The first-order valence-corrected chi connectivity index (χ1v) is 15.5. The van der Waals surface area contributed by atoms with Crippen LogP contribution in [0, 0.1) is 6.92 Å². The van der Waals surface area contributed by atoms with Gasteiger partial charge in [-0.1, -0.05) is 103 Å². The fraction of sp³-hybridized carbons (Fsp3) is 0.235. The van der Waals surface area contributed by atoms with Gasteiger partial charge in [0.2, 0.25) is 11.8 Å². The van der Waals surface area contributed by atoms with Crippen LogP contribution in [0.15, 0.2) is 120 Å². The number of carbonyl (C=O) groups excluding carboxylic acids is 2. The van der Waals surface area contributed by atoms with Crippen molar-refractivity contribution in [2.45, 2.75) is 44.2 Å². The van der Waals surface area contributed by atoms with Crippen molar-refractivity contribution >= 4 is 27.5 Å². The molecule has 4 aromatic carbocycles. The molecule has 7 nitrogen and oxygen atoms in total. The lowest BCUT2D eigenvalue weighted by atomic mass is 10.0. The van der Waals surface area contributed by atoms with Crippen LogP contribution in [0.5, 0.6) is 0 Å². The van der Waals surface area contributed by atoms with Crippen LogP contribution in [0.1, 0.15) is 30.0 Å². The van der Waals surface area contributed by atoms with Gasteiger partial charge in [0, 0.05) is 19.5 Å². The summed E-state index contributed by atoms with van der Waals surface area (Å²) in [5.74, 6) is -0.761. The molecule has 0 aliphatic heterocycles. The molecule has 1 N–H and O–H groups in total. The predicted octanol–water partition coefficient (Wildman–Crippen LogP) is 5.36. The van der Waals surface area contributed by atoms with Gasteiger partial charge in [-0.2, -0.15) is 0 Å². The summed E-state index contributed by atoms with van der Waals surface area (Å²) in [6.45, 7) is 3.98. The van der Waals surface area contributed by atoms with Gasteiger partial charge in [-0.25, -0.2) is 8.42 Å². The van der Waals surface area contributed by atoms with Crippen LogP contribution in [0.2, 0.25) is 0 Å². The number of hydrogen-bond acceptors (Lipinski definition) is 4. The van der Waals surface area contributed by atoms with Gasteiger partial charge < -0.3 is 10.2 Å². The van der Waals surface area contributed by atoms with Crippen molar-refractivity contribution in [2.24, 2.45) is 0 Å². The molecule has 0 radical (unpaired) electrons. The number of hydrogen-bond donors (Lipinski definition) is 1. The van der Waals surface area contributed by atoms with E-state index >= 15 is 0 Å². The zero-order valence-corrected chi connectivity index (χ0v) is 24.8. The highest BCUT2D eigenvalue weighted by atomic mass is 32.2. The maximum Gasteiger partial charge on any atom is 0.264 e. The van der Waals surface area contributed by atoms with Crippen molar-refractivity contribution in [3.8, 4) is 0 Å². The summed E-state index contributed by atoms with van der Waals surface area (Å²) >= 11 is 0. The second-order valence-electron chi connectivity index (χ2n) is 10.2. The molecule has 1 unspecified atom stereocenters. The zero-order valence-electron chi connectivity index (χ0n) is 24.0. The Kier molecular flexibility index (Phi) is 10.5. The fourth-order valence-corrected chi connectivity index (χ4v) is 6.07. The minimum absolute atomic E-state index is 0.0842. The summed E-state index contributed by atoms with van der Waals surface area (Å²) in [5, 5.41) is 2.96. The summed E-state index contributed by atoms with van der Waals surface area (Å²) in [6, 6.07) is 33.2. The van der Waals surface area contributed by atoms with E-state index in [4.69, 9.17) is 0 Å². The highest BCUT2D eigenvalue weighted by Crippen LogP contribution is 2.25. The van der Waals surface area contributed by atoms with Crippen molar-refractivity contribution in [3.05, 3.63) is 132 Å². The highest BCUT2D eigenvalue weighted by molar-refractivity contribution is 7.92. The van der Waals surface area contributed by atoms with Gasteiger partial charge >= 0.3 is 0 Å². The molecule has 218 valence electrons. The Morgan fingerprint density at radius 2 is 1.31 bits per heavy atom. The van der Waals surface area contributed by atoms with E-state index in [9.17, 15) is 18.0 Å². The third-order valence-electron chi connectivity index (χ3n) is 6.95. The van der Waals surface area contributed by atoms with Gasteiger partial charge in [-0.3, -0.25) is 13.9 Å². The minimum atomic E-state index is -4.11. The first-order valence-electron chi connectivity index (χ1n) is 14.1. The molecule has 4 rings (SSSR count). The molecule has 0 aliphatic carbocycles. The maximum atomic E-state index is 14.3. The summed E-state index contributed by atoms with van der Waals surface area (Å²) in [7, 11) is -4.11. The van der Waals surface area contributed by atoms with Crippen molar-refractivity contribution in [2.75, 3.05) is 17.4 Å². The van der Waals surface area contributed by atoms with Crippen molar-refractivity contribution < 1.29 is 18.0 Å². The average Bonchev–Trinajstić information content (AvgIpc) is 3.01. The van der Waals surface area contributed by atoms with Crippen LogP contribution in [0.25, 0.3) is 0 Å². The number of benzene rings is 4. The Balaban J connectivity index is 1.76. The van der Waals surface area contributed by atoms with Gasteiger partial charge in [0.25, 0.3) is 10.0 Å². The molecular weight excluding hydrogens is 546 g/mol.